The summed E-state index contributed by atoms with van der Waals surface area (Å²) in [5, 5.41) is 0.608. The molecule has 0 N–H and O–H groups in total. The highest BCUT2D eigenvalue weighted by molar-refractivity contribution is 7.07. The smallest absolute Gasteiger partial charge is 0.337 e. The van der Waals surface area contributed by atoms with E-state index >= 15 is 0 Å². The third-order valence-electron chi connectivity index (χ3n) is 5.63. The lowest BCUT2D eigenvalue weighted by Crippen LogP contribution is -2.39. The molecular formula is C28H24Cl2N2O6S. The minimum Gasteiger partial charge on any atom is -0.490 e. The number of fused-ring (bicyclic) bond motifs is 1. The Balaban J connectivity index is 1.93. The maximum atomic E-state index is 13.8. The topological polar surface area (TPSA) is 88.3 Å². The van der Waals surface area contributed by atoms with E-state index in [4.69, 9.17) is 48.6 Å². The van der Waals surface area contributed by atoms with Crippen LogP contribution in [0.1, 0.15) is 31.0 Å². The molecule has 0 spiro atoms. The van der Waals surface area contributed by atoms with Gasteiger partial charge in [0, 0.05) is 16.8 Å². The van der Waals surface area contributed by atoms with Gasteiger partial charge in [0.25, 0.3) is 5.56 Å². The number of hydrogen-bond donors (Lipinski definition) is 0. The lowest BCUT2D eigenvalue weighted by Gasteiger charge is -2.23. The number of aromatic nitrogens is 1. The Kier molecular flexibility index (Phi) is 9.02. The second-order valence-electron chi connectivity index (χ2n) is 8.05. The highest BCUT2D eigenvalue weighted by atomic mass is 35.5. The minimum atomic E-state index is -0.828. The standard InChI is InChI=1S/C28H24Cl2N2O6S/c1-5-10-38-25-17(11-18(29)14-20(25)30)13-23-26(33)32-24(19(27(34)35-4)15-31-28(32)39-23)16-8-9-21(36-6-2)22(12-16)37-7-3/h1,8-9,11-15,24H,6-7,10H2,2-4H3/b23-13+/t24-/m0/s1. The fraction of sp³-hybridized carbons (Fsp3) is 0.250. The summed E-state index contributed by atoms with van der Waals surface area (Å²) >= 11 is 13.7. The number of ether oxygens (including phenoxy) is 4. The quantitative estimate of drug-likeness (QED) is 0.277. The number of nitrogens with zero attached hydrogens (tertiary/aromatic N) is 2. The van der Waals surface area contributed by atoms with E-state index in [1.54, 1.807) is 30.3 Å². The molecule has 1 aromatic heterocycles. The number of carbonyl (C=O) groups excluding carboxylic acids is 1. The number of rotatable bonds is 9. The maximum Gasteiger partial charge on any atom is 0.337 e. The van der Waals surface area contributed by atoms with Crippen LogP contribution in [-0.4, -0.2) is 37.5 Å². The van der Waals surface area contributed by atoms with Crippen LogP contribution in [0.2, 0.25) is 10.0 Å². The predicted octanol–water partition coefficient (Wildman–Crippen LogP) is 4.13. The van der Waals surface area contributed by atoms with Crippen molar-refractivity contribution in [1.82, 2.24) is 4.57 Å². The van der Waals surface area contributed by atoms with Crippen LogP contribution < -0.4 is 29.1 Å². The van der Waals surface area contributed by atoms with Crippen molar-refractivity contribution in [2.24, 2.45) is 4.99 Å². The van der Waals surface area contributed by atoms with Crippen LogP contribution >= 0.6 is 34.5 Å². The summed E-state index contributed by atoms with van der Waals surface area (Å²) in [4.78, 5) is 31.4. The number of esters is 1. The second-order valence-corrected chi connectivity index (χ2v) is 9.90. The van der Waals surface area contributed by atoms with Crippen molar-refractivity contribution in [1.29, 1.82) is 0 Å². The van der Waals surface area contributed by atoms with Gasteiger partial charge in [-0.2, -0.15) is 0 Å². The predicted molar refractivity (Wildman–Crippen MR) is 151 cm³/mol. The van der Waals surface area contributed by atoms with E-state index in [1.807, 2.05) is 13.8 Å². The molecule has 0 amide bonds. The van der Waals surface area contributed by atoms with Crippen LogP contribution in [-0.2, 0) is 9.53 Å². The van der Waals surface area contributed by atoms with Gasteiger partial charge in [-0.3, -0.25) is 9.36 Å². The molecule has 39 heavy (non-hydrogen) atoms. The number of hydrogen-bond acceptors (Lipinski definition) is 8. The number of halogens is 2. The number of carbonyl (C=O) groups is 1. The zero-order chi connectivity index (χ0) is 28.1. The molecule has 0 aliphatic carbocycles. The summed E-state index contributed by atoms with van der Waals surface area (Å²) in [5.74, 6) is 3.12. The first kappa shape index (κ1) is 28.3. The Labute approximate surface area is 238 Å². The van der Waals surface area contributed by atoms with E-state index in [0.717, 1.165) is 11.3 Å². The van der Waals surface area contributed by atoms with Gasteiger partial charge in [-0.15, -0.1) is 6.42 Å². The van der Waals surface area contributed by atoms with Gasteiger partial charge in [0.15, 0.2) is 16.3 Å². The van der Waals surface area contributed by atoms with Crippen LogP contribution in [0.25, 0.3) is 6.08 Å². The molecular weight excluding hydrogens is 563 g/mol. The fourth-order valence-electron chi connectivity index (χ4n) is 4.08. The minimum absolute atomic E-state index is 0.0220. The Hall–Kier alpha value is -3.71. The average molecular weight is 587 g/mol. The van der Waals surface area contributed by atoms with E-state index in [0.29, 0.717) is 55.9 Å². The summed E-state index contributed by atoms with van der Waals surface area (Å²) in [6.07, 6.45) is 8.37. The van der Waals surface area contributed by atoms with Gasteiger partial charge in [0.1, 0.15) is 12.4 Å². The van der Waals surface area contributed by atoms with E-state index in [1.165, 1.54) is 23.9 Å². The van der Waals surface area contributed by atoms with Gasteiger partial charge in [-0.1, -0.05) is 46.5 Å². The third kappa shape index (κ3) is 5.83. The van der Waals surface area contributed by atoms with E-state index in [2.05, 4.69) is 10.9 Å². The molecule has 1 atom stereocenters. The van der Waals surface area contributed by atoms with Gasteiger partial charge < -0.3 is 18.9 Å². The zero-order valence-electron chi connectivity index (χ0n) is 21.3. The molecule has 0 saturated carbocycles. The molecule has 3 aromatic rings. The van der Waals surface area contributed by atoms with E-state index < -0.39 is 12.0 Å². The second kappa shape index (κ2) is 12.4. The Bertz CT molecular complexity index is 1670. The molecule has 0 bridgehead atoms. The molecule has 2 aromatic carbocycles. The van der Waals surface area contributed by atoms with Crippen molar-refractivity contribution >= 4 is 46.6 Å². The van der Waals surface area contributed by atoms with Crippen molar-refractivity contribution < 1.29 is 23.7 Å². The van der Waals surface area contributed by atoms with Crippen molar-refractivity contribution in [3.8, 4) is 29.6 Å². The van der Waals surface area contributed by atoms with Crippen LogP contribution in [0, 0.1) is 12.3 Å². The molecule has 2 heterocycles. The maximum absolute atomic E-state index is 13.8. The van der Waals surface area contributed by atoms with E-state index in [-0.39, 0.29) is 22.8 Å². The molecule has 0 saturated heterocycles. The molecule has 4 rings (SSSR count). The first-order valence-corrected chi connectivity index (χ1v) is 13.4. The first-order valence-electron chi connectivity index (χ1n) is 11.9. The average Bonchev–Trinajstić information content (AvgIpc) is 3.23. The van der Waals surface area contributed by atoms with Crippen molar-refractivity contribution in [2.75, 3.05) is 26.9 Å². The number of benzene rings is 2. The van der Waals surface area contributed by atoms with Gasteiger partial charge in [-0.05, 0) is 49.8 Å². The fourth-order valence-corrected chi connectivity index (χ4v) is 5.61. The van der Waals surface area contributed by atoms with Crippen molar-refractivity contribution in [3.05, 3.63) is 83.0 Å². The third-order valence-corrected chi connectivity index (χ3v) is 7.13. The van der Waals surface area contributed by atoms with Crippen LogP contribution in [0.4, 0.5) is 0 Å². The Morgan fingerprint density at radius 1 is 1.15 bits per heavy atom. The van der Waals surface area contributed by atoms with Crippen molar-refractivity contribution in [2.45, 2.75) is 19.9 Å². The first-order chi connectivity index (χ1) is 18.8. The summed E-state index contributed by atoms with van der Waals surface area (Å²) in [7, 11) is 1.27. The number of thiazole rings is 1. The molecule has 8 nitrogen and oxygen atoms in total. The zero-order valence-corrected chi connectivity index (χ0v) is 23.7. The molecule has 0 radical (unpaired) electrons. The highest BCUT2D eigenvalue weighted by Crippen LogP contribution is 2.35. The van der Waals surface area contributed by atoms with Crippen LogP contribution in [0.5, 0.6) is 17.2 Å². The van der Waals surface area contributed by atoms with Gasteiger partial charge >= 0.3 is 5.97 Å². The summed E-state index contributed by atoms with van der Waals surface area (Å²) in [5.41, 5.74) is 0.887. The number of terminal acetylenes is 1. The molecule has 202 valence electrons. The SMILES string of the molecule is C#CCOc1c(Cl)cc(Cl)cc1/C=c1/sc2n(c1=O)[C@@H](c1ccc(OCC)c(OCC)c1)C(C(=O)OC)=CN=2. The molecule has 0 fully saturated rings. The van der Waals surface area contributed by atoms with Crippen LogP contribution in [0.15, 0.2) is 51.9 Å². The lowest BCUT2D eigenvalue weighted by atomic mass is 9.97. The highest BCUT2D eigenvalue weighted by Gasteiger charge is 2.31. The van der Waals surface area contributed by atoms with E-state index in [9.17, 15) is 9.59 Å². The Morgan fingerprint density at radius 2 is 1.90 bits per heavy atom. The normalized spacial score (nSPS) is 14.5. The summed E-state index contributed by atoms with van der Waals surface area (Å²) in [6, 6.07) is 7.60. The van der Waals surface area contributed by atoms with Crippen LogP contribution in [0.3, 0.4) is 0 Å². The van der Waals surface area contributed by atoms with Gasteiger partial charge in [0.05, 0.1) is 41.5 Å². The Morgan fingerprint density at radius 3 is 2.59 bits per heavy atom. The summed E-state index contributed by atoms with van der Waals surface area (Å²) < 4.78 is 23.9. The molecule has 1 aliphatic rings. The molecule has 0 unspecified atom stereocenters. The van der Waals surface area contributed by atoms with Gasteiger partial charge in [0.2, 0.25) is 0 Å². The summed E-state index contributed by atoms with van der Waals surface area (Å²) in [6.45, 7) is 4.55. The van der Waals surface area contributed by atoms with Crippen molar-refractivity contribution in [3.63, 3.8) is 0 Å². The lowest BCUT2D eigenvalue weighted by molar-refractivity contribution is -0.136. The molecule has 1 aliphatic heterocycles. The monoisotopic (exact) mass is 586 g/mol. The van der Waals surface area contributed by atoms with Gasteiger partial charge in [-0.25, -0.2) is 9.79 Å². The molecule has 11 heteroatoms. The number of methoxy groups -OCH3 is 1. The largest absolute Gasteiger partial charge is 0.490 e.